The van der Waals surface area contributed by atoms with Crippen LogP contribution in [0.4, 0.5) is 11.5 Å². The molecule has 0 radical (unpaired) electrons. The highest BCUT2D eigenvalue weighted by molar-refractivity contribution is 5.94. The second-order valence-corrected chi connectivity index (χ2v) is 4.34. The lowest BCUT2D eigenvalue weighted by Gasteiger charge is -2.25. The van der Waals surface area contributed by atoms with Crippen LogP contribution in [0, 0.1) is 0 Å². The van der Waals surface area contributed by atoms with E-state index in [2.05, 4.69) is 52.4 Å². The molecule has 18 heavy (non-hydrogen) atoms. The van der Waals surface area contributed by atoms with Crippen LogP contribution in [0.2, 0.25) is 0 Å². The minimum atomic E-state index is 0.220. The topological polar surface area (TPSA) is 53.1 Å². The molecule has 0 saturated heterocycles. The Morgan fingerprint density at radius 3 is 3.00 bits per heavy atom. The molecule has 1 aromatic carbocycles. The first-order valence-corrected chi connectivity index (χ1v) is 5.87. The monoisotopic (exact) mass is 238 g/mol. The maximum atomic E-state index is 4.03. The fraction of sp³-hybridized carbons (Fsp3) is 0.143. The van der Waals surface area contributed by atoms with Crippen LogP contribution in [0.15, 0.2) is 35.5 Å². The van der Waals surface area contributed by atoms with Crippen LogP contribution < -0.4 is 5.32 Å². The van der Waals surface area contributed by atoms with Gasteiger partial charge in [0.05, 0.1) is 6.20 Å². The van der Waals surface area contributed by atoms with E-state index in [9.17, 15) is 0 Å². The van der Waals surface area contributed by atoms with Crippen molar-refractivity contribution in [3.8, 4) is 0 Å². The third-order valence-electron chi connectivity index (χ3n) is 3.20. The van der Waals surface area contributed by atoms with E-state index in [1.54, 1.807) is 6.20 Å². The van der Waals surface area contributed by atoms with Crippen LogP contribution in [-0.2, 0) is 0 Å². The number of nitrogens with one attached hydrogen (secondary N) is 2. The highest BCUT2D eigenvalue weighted by Gasteiger charge is 2.20. The Labute approximate surface area is 105 Å². The summed E-state index contributed by atoms with van der Waals surface area (Å²) >= 11 is 0. The van der Waals surface area contributed by atoms with E-state index in [0.717, 1.165) is 11.3 Å². The quantitative estimate of drug-likeness (QED) is 0.790. The number of rotatable bonds is 2. The molecule has 1 aliphatic rings. The summed E-state index contributed by atoms with van der Waals surface area (Å²) in [4.78, 5) is 3.96. The van der Waals surface area contributed by atoms with Gasteiger partial charge in [-0.1, -0.05) is 18.2 Å². The van der Waals surface area contributed by atoms with Crippen molar-refractivity contribution >= 4 is 29.9 Å². The van der Waals surface area contributed by atoms with Crippen molar-refractivity contribution in [2.75, 3.05) is 5.32 Å². The Kier molecular flexibility index (Phi) is 2.48. The Balaban J connectivity index is 2.13. The van der Waals surface area contributed by atoms with Gasteiger partial charge in [0, 0.05) is 17.3 Å². The molecule has 1 aromatic heterocycles. The molecule has 4 heteroatoms. The molecule has 0 bridgehead atoms. The lowest BCUT2D eigenvalue weighted by Crippen LogP contribution is -2.20. The van der Waals surface area contributed by atoms with E-state index in [1.807, 2.05) is 12.1 Å². The van der Waals surface area contributed by atoms with Crippen LogP contribution in [0.1, 0.15) is 18.1 Å². The number of aromatic nitrogens is 2. The summed E-state index contributed by atoms with van der Waals surface area (Å²) in [6, 6.07) is 8.47. The number of anilines is 1. The van der Waals surface area contributed by atoms with Gasteiger partial charge in [0.15, 0.2) is 5.82 Å². The number of para-hydroxylation sites is 1. The van der Waals surface area contributed by atoms with Gasteiger partial charge in [-0.2, -0.15) is 5.10 Å². The first-order chi connectivity index (χ1) is 8.79. The fourth-order valence-corrected chi connectivity index (χ4v) is 2.28. The summed E-state index contributed by atoms with van der Waals surface area (Å²) < 4.78 is 0. The molecule has 0 saturated carbocycles. The van der Waals surface area contributed by atoms with Crippen molar-refractivity contribution in [3.63, 3.8) is 0 Å². The first kappa shape index (κ1) is 10.8. The second kappa shape index (κ2) is 4.14. The number of aliphatic imine (C=N–C) groups is 1. The van der Waals surface area contributed by atoms with E-state index in [1.165, 1.54) is 11.1 Å². The van der Waals surface area contributed by atoms with Gasteiger partial charge >= 0.3 is 0 Å². The summed E-state index contributed by atoms with van der Waals surface area (Å²) in [6.45, 7) is 5.69. The van der Waals surface area contributed by atoms with Crippen molar-refractivity contribution in [2.45, 2.75) is 13.0 Å². The van der Waals surface area contributed by atoms with Gasteiger partial charge in [0.2, 0.25) is 0 Å². The molecule has 2 heterocycles. The van der Waals surface area contributed by atoms with E-state index in [-0.39, 0.29) is 6.04 Å². The summed E-state index contributed by atoms with van der Waals surface area (Å²) in [6.07, 6.45) is 3.97. The van der Waals surface area contributed by atoms with Gasteiger partial charge in [-0.3, -0.25) is 5.10 Å². The average Bonchev–Trinajstić information content (AvgIpc) is 2.86. The summed E-state index contributed by atoms with van der Waals surface area (Å²) in [5.41, 5.74) is 4.51. The number of hydrogen-bond acceptors (Lipinski definition) is 3. The molecule has 1 unspecified atom stereocenters. The lowest BCUT2D eigenvalue weighted by molar-refractivity contribution is 1.01. The molecule has 0 fully saturated rings. The zero-order chi connectivity index (χ0) is 12.5. The Morgan fingerprint density at radius 2 is 2.17 bits per heavy atom. The molecule has 1 atom stereocenters. The van der Waals surface area contributed by atoms with Gasteiger partial charge in [0.1, 0.15) is 0 Å². The average molecular weight is 238 g/mol. The Bertz CT molecular complexity index is 624. The molecule has 0 amide bonds. The molecular formula is C14H14N4. The van der Waals surface area contributed by atoms with E-state index >= 15 is 0 Å². The number of hydrogen-bond donors (Lipinski definition) is 2. The molecule has 1 aliphatic heterocycles. The Hall–Kier alpha value is -2.36. The number of aromatic amines is 1. The molecule has 0 spiro atoms. The summed E-state index contributed by atoms with van der Waals surface area (Å²) in [5.74, 6) is 0.717. The minimum Gasteiger partial charge on any atom is -0.378 e. The van der Waals surface area contributed by atoms with Crippen molar-refractivity contribution in [1.82, 2.24) is 10.2 Å². The molecule has 2 aromatic rings. The van der Waals surface area contributed by atoms with Gasteiger partial charge < -0.3 is 5.32 Å². The first-order valence-electron chi connectivity index (χ1n) is 5.87. The van der Waals surface area contributed by atoms with Crippen LogP contribution in [-0.4, -0.2) is 23.0 Å². The molecular weight excluding hydrogens is 224 g/mol. The van der Waals surface area contributed by atoms with Crippen molar-refractivity contribution in [3.05, 3.63) is 41.6 Å². The number of H-pyrrole nitrogens is 1. The molecule has 2 N–H and O–H groups in total. The normalized spacial score (nSPS) is 17.6. The van der Waals surface area contributed by atoms with Crippen LogP contribution in [0.5, 0.6) is 0 Å². The van der Waals surface area contributed by atoms with Gasteiger partial charge in [-0.15, -0.1) is 0 Å². The summed E-state index contributed by atoms with van der Waals surface area (Å²) in [5, 5.41) is 10.4. The predicted octanol–water partition coefficient (Wildman–Crippen LogP) is 3.10. The SMILES string of the molecule is C=Nc1[nH]ncc1C1=Cc2ccccc2NC1C. The smallest absolute Gasteiger partial charge is 0.154 e. The summed E-state index contributed by atoms with van der Waals surface area (Å²) in [7, 11) is 0. The Morgan fingerprint density at radius 1 is 1.33 bits per heavy atom. The molecule has 0 aliphatic carbocycles. The molecule has 3 rings (SSSR count). The van der Waals surface area contributed by atoms with Crippen molar-refractivity contribution < 1.29 is 0 Å². The maximum Gasteiger partial charge on any atom is 0.154 e. The number of benzene rings is 1. The number of fused-ring (bicyclic) bond motifs is 1. The fourth-order valence-electron chi connectivity index (χ4n) is 2.28. The minimum absolute atomic E-state index is 0.220. The highest BCUT2D eigenvalue weighted by atomic mass is 15.2. The van der Waals surface area contributed by atoms with Gasteiger partial charge in [-0.25, -0.2) is 4.99 Å². The molecule has 90 valence electrons. The van der Waals surface area contributed by atoms with Crippen LogP contribution >= 0.6 is 0 Å². The highest BCUT2D eigenvalue weighted by Crippen LogP contribution is 2.34. The third-order valence-corrected chi connectivity index (χ3v) is 3.20. The largest absolute Gasteiger partial charge is 0.378 e. The van der Waals surface area contributed by atoms with Crippen molar-refractivity contribution in [1.29, 1.82) is 0 Å². The van der Waals surface area contributed by atoms with Crippen LogP contribution in [0.3, 0.4) is 0 Å². The van der Waals surface area contributed by atoms with E-state index < -0.39 is 0 Å². The van der Waals surface area contributed by atoms with E-state index in [0.29, 0.717) is 5.82 Å². The maximum absolute atomic E-state index is 4.03. The van der Waals surface area contributed by atoms with Gasteiger partial charge in [0.25, 0.3) is 0 Å². The van der Waals surface area contributed by atoms with Crippen LogP contribution in [0.25, 0.3) is 11.6 Å². The van der Waals surface area contributed by atoms with E-state index in [4.69, 9.17) is 0 Å². The zero-order valence-electron chi connectivity index (χ0n) is 10.1. The zero-order valence-corrected chi connectivity index (χ0v) is 10.1. The standard InChI is InChI=1S/C14H14N4/c1-9-11(12-8-16-18-14(12)15-2)7-10-5-3-4-6-13(10)17-9/h3-9,17H,2H2,1H3,(H,16,18). The van der Waals surface area contributed by atoms with Crippen molar-refractivity contribution in [2.24, 2.45) is 4.99 Å². The third kappa shape index (κ3) is 1.62. The van der Waals surface area contributed by atoms with Gasteiger partial charge in [-0.05, 0) is 36.9 Å². The second-order valence-electron chi connectivity index (χ2n) is 4.34. The predicted molar refractivity (Wildman–Crippen MR) is 75.2 cm³/mol. The molecule has 4 nitrogen and oxygen atoms in total. The number of nitrogens with zero attached hydrogens (tertiary/aromatic N) is 2. The lowest BCUT2D eigenvalue weighted by atomic mass is 9.94.